The van der Waals surface area contributed by atoms with E-state index in [1.54, 1.807) is 4.57 Å². The fraction of sp³-hybridized carbons (Fsp3) is 0.306. The maximum absolute atomic E-state index is 14.0. The first-order valence-corrected chi connectivity index (χ1v) is 22.5. The molecule has 15 heteroatoms. The Morgan fingerprint density at radius 3 is 2.10 bits per heavy atom. The number of aromatic nitrogens is 4. The van der Waals surface area contributed by atoms with Crippen LogP contribution in [0, 0.1) is 11.6 Å². The fourth-order valence-electron chi connectivity index (χ4n) is 5.38. The number of nitrogens with zero attached hydrogens (tertiary/aromatic N) is 4. The molecule has 0 saturated carbocycles. The van der Waals surface area contributed by atoms with E-state index in [9.17, 15) is 22.0 Å². The van der Waals surface area contributed by atoms with Crippen molar-refractivity contribution in [1.29, 1.82) is 0 Å². The normalized spacial score (nSPS) is 12.7. The predicted molar refractivity (Wildman–Crippen MR) is 197 cm³/mol. The summed E-state index contributed by atoms with van der Waals surface area (Å²) in [5.74, 6) is -1.68. The largest absolute Gasteiger partial charge is 0.483 e. The van der Waals surface area contributed by atoms with Crippen LogP contribution in [0.5, 0.6) is 5.75 Å². The van der Waals surface area contributed by atoms with E-state index in [4.69, 9.17) is 13.7 Å². The summed E-state index contributed by atoms with van der Waals surface area (Å²) in [5.41, 5.74) is 1.27. The second kappa shape index (κ2) is 16.5. The van der Waals surface area contributed by atoms with Crippen molar-refractivity contribution in [1.82, 2.24) is 19.3 Å². The van der Waals surface area contributed by atoms with Crippen molar-refractivity contribution >= 4 is 34.1 Å². The lowest BCUT2D eigenvalue weighted by molar-refractivity contribution is 0.0766. The number of ether oxygens (including phenoxy) is 2. The average Bonchev–Trinajstić information content (AvgIpc) is 3.43. The van der Waals surface area contributed by atoms with Gasteiger partial charge >= 0.3 is 0 Å². The zero-order valence-corrected chi connectivity index (χ0v) is 32.0. The van der Waals surface area contributed by atoms with Crippen molar-refractivity contribution in [3.05, 3.63) is 134 Å². The number of hydrogen-bond acceptors (Lipinski definition) is 8. The van der Waals surface area contributed by atoms with Crippen LogP contribution in [0.2, 0.25) is 25.7 Å². The zero-order chi connectivity index (χ0) is 36.8. The summed E-state index contributed by atoms with van der Waals surface area (Å²) in [6.07, 6.45) is 2.70. The van der Waals surface area contributed by atoms with Gasteiger partial charge in [-0.3, -0.25) is 8.98 Å². The minimum Gasteiger partial charge on any atom is -0.483 e. The Morgan fingerprint density at radius 2 is 1.53 bits per heavy atom. The van der Waals surface area contributed by atoms with Gasteiger partial charge in [0.2, 0.25) is 0 Å². The lowest BCUT2D eigenvalue weighted by Gasteiger charge is -2.28. The van der Waals surface area contributed by atoms with Crippen LogP contribution >= 0.6 is 15.9 Å². The maximum atomic E-state index is 14.0. The van der Waals surface area contributed by atoms with Crippen molar-refractivity contribution in [3.63, 3.8) is 0 Å². The Hall–Kier alpha value is -4.02. The maximum Gasteiger partial charge on any atom is 0.264 e. The molecule has 0 N–H and O–H groups in total. The van der Waals surface area contributed by atoms with Crippen molar-refractivity contribution < 1.29 is 30.9 Å². The third-order valence-corrected chi connectivity index (χ3v) is 10.8. The highest BCUT2D eigenvalue weighted by atomic mass is 79.9. The van der Waals surface area contributed by atoms with Crippen LogP contribution < -0.4 is 10.2 Å². The molecule has 0 fully saturated rings. The summed E-state index contributed by atoms with van der Waals surface area (Å²) >= 11 is 3.50. The molecule has 0 spiro atoms. The first kappa shape index (κ1) is 38.2. The summed E-state index contributed by atoms with van der Waals surface area (Å²) in [6.45, 7) is 7.24. The van der Waals surface area contributed by atoms with Crippen LogP contribution in [-0.2, 0) is 38.9 Å². The molecule has 5 rings (SSSR count). The molecule has 0 saturated heterocycles. The fourth-order valence-corrected chi connectivity index (χ4v) is 7.17. The van der Waals surface area contributed by atoms with Gasteiger partial charge in [-0.2, -0.15) is 13.5 Å². The number of halogens is 3. The smallest absolute Gasteiger partial charge is 0.264 e. The third-order valence-electron chi connectivity index (χ3n) is 7.90. The molecule has 2 aromatic heterocycles. The number of imidazole rings is 1. The van der Waals surface area contributed by atoms with E-state index in [2.05, 4.69) is 45.7 Å². The Bertz CT molecular complexity index is 2050. The first-order chi connectivity index (χ1) is 24.2. The second-order valence-electron chi connectivity index (χ2n) is 13.3. The molecule has 0 aliphatic rings. The van der Waals surface area contributed by atoms with Gasteiger partial charge in [-0.15, -0.1) is 0 Å². The summed E-state index contributed by atoms with van der Waals surface area (Å²) in [4.78, 5) is 18.5. The van der Waals surface area contributed by atoms with Crippen molar-refractivity contribution in [2.45, 2.75) is 57.6 Å². The van der Waals surface area contributed by atoms with Gasteiger partial charge in [0.15, 0.2) is 17.3 Å². The van der Waals surface area contributed by atoms with Crippen LogP contribution in [0.25, 0.3) is 11.5 Å². The summed E-state index contributed by atoms with van der Waals surface area (Å²) in [5, 5.41) is 4.59. The molecular weight excluding hydrogens is 762 g/mol. The summed E-state index contributed by atoms with van der Waals surface area (Å²) in [7, 11) is -5.46. The van der Waals surface area contributed by atoms with Crippen LogP contribution in [0.1, 0.15) is 22.6 Å². The van der Waals surface area contributed by atoms with Gasteiger partial charge in [0.05, 0.1) is 25.2 Å². The van der Waals surface area contributed by atoms with Gasteiger partial charge in [-0.05, 0) is 62.9 Å². The molecule has 0 aliphatic carbocycles. The predicted octanol–water partition coefficient (Wildman–Crippen LogP) is 7.22. The highest BCUT2D eigenvalue weighted by Gasteiger charge is 2.32. The number of hydrogen-bond donors (Lipinski definition) is 0. The molecule has 0 amide bonds. The van der Waals surface area contributed by atoms with Crippen LogP contribution in [0.4, 0.5) is 8.78 Å². The van der Waals surface area contributed by atoms with Crippen LogP contribution in [0.3, 0.4) is 0 Å². The molecule has 1 unspecified atom stereocenters. The van der Waals surface area contributed by atoms with Crippen LogP contribution in [-0.4, -0.2) is 54.8 Å². The number of benzene rings is 3. The highest BCUT2D eigenvalue weighted by molar-refractivity contribution is 9.10. The van der Waals surface area contributed by atoms with E-state index in [-0.39, 0.29) is 37.2 Å². The lowest BCUT2D eigenvalue weighted by Crippen LogP contribution is -2.31. The van der Waals surface area contributed by atoms with Gasteiger partial charge in [-0.1, -0.05) is 74.2 Å². The molecule has 10 nitrogen and oxygen atoms in total. The van der Waals surface area contributed by atoms with Gasteiger partial charge in [0, 0.05) is 20.6 Å². The zero-order valence-electron chi connectivity index (χ0n) is 28.6. The van der Waals surface area contributed by atoms with Gasteiger partial charge < -0.3 is 14.0 Å². The monoisotopic (exact) mass is 800 g/mol. The first-order valence-electron chi connectivity index (χ1n) is 16.1. The summed E-state index contributed by atoms with van der Waals surface area (Å²) < 4.78 is 74.6. The van der Waals surface area contributed by atoms with Gasteiger partial charge in [0.1, 0.15) is 35.7 Å². The molecule has 0 aliphatic heterocycles. The summed E-state index contributed by atoms with van der Waals surface area (Å²) in [6, 6.07) is 21.4. The van der Waals surface area contributed by atoms with E-state index in [0.29, 0.717) is 22.3 Å². The topological polar surface area (TPSA) is 115 Å². The Balaban J connectivity index is 1.58. The van der Waals surface area contributed by atoms with Gasteiger partial charge in [-0.25, -0.2) is 18.4 Å². The average molecular weight is 802 g/mol. The Kier molecular flexibility index (Phi) is 12.4. The molecule has 1 atom stereocenters. The van der Waals surface area contributed by atoms with E-state index in [1.165, 1.54) is 65.6 Å². The molecule has 51 heavy (non-hydrogen) atoms. The molecule has 0 bridgehead atoms. The quantitative estimate of drug-likeness (QED) is 0.0585. The number of rotatable bonds is 16. The minimum absolute atomic E-state index is 0.0164. The molecule has 2 heterocycles. The SMILES string of the molecule is C[Si](C)(C)CCOCn1cc(OCc2ccccc2)c(=O)c(-c2ncc(Br)n2CC(OS(C)(=O)=O)C(c2ccc(F)cc2)c2ccc(F)cc2)n1. The Morgan fingerprint density at radius 1 is 0.922 bits per heavy atom. The van der Waals surface area contributed by atoms with E-state index in [1.807, 2.05) is 30.3 Å². The molecule has 3 aromatic carbocycles. The van der Waals surface area contributed by atoms with E-state index in [0.717, 1.165) is 17.9 Å². The highest BCUT2D eigenvalue weighted by Crippen LogP contribution is 2.34. The van der Waals surface area contributed by atoms with E-state index >= 15 is 0 Å². The van der Waals surface area contributed by atoms with Crippen LogP contribution in [0.15, 0.2) is 101 Å². The van der Waals surface area contributed by atoms with E-state index < -0.39 is 47.3 Å². The standard InChI is InChI=1S/C36H39BrF2N4O6SSi/c1-50(45,46)49-30(33(26-10-14-28(38)15-11-26)27-12-16-29(39)17-13-27)22-43-32(37)20-40-36(43)34-35(44)31(48-23-25-8-6-5-7-9-25)21-42(41-34)24-47-18-19-51(2,3)4/h5-17,20-21,30,33H,18-19,22-24H2,1-4H3. The van der Waals surface area contributed by atoms with Crippen molar-refractivity contribution in [2.75, 3.05) is 12.9 Å². The van der Waals surface area contributed by atoms with Crippen molar-refractivity contribution in [3.8, 4) is 17.3 Å². The molecule has 5 aromatic rings. The van der Waals surface area contributed by atoms with Gasteiger partial charge in [0.25, 0.3) is 15.5 Å². The molecule has 0 radical (unpaired) electrons. The Labute approximate surface area is 305 Å². The lowest BCUT2D eigenvalue weighted by atomic mass is 9.86. The minimum atomic E-state index is -4.09. The van der Waals surface area contributed by atoms with Crippen molar-refractivity contribution in [2.24, 2.45) is 0 Å². The molecular formula is C36H39BrF2N4O6SSi. The third kappa shape index (κ3) is 10.7. The second-order valence-corrected chi connectivity index (χ2v) is 21.3. The molecule has 270 valence electrons.